The highest BCUT2D eigenvalue weighted by Crippen LogP contribution is 2.28. The fraction of sp³-hybridized carbons (Fsp3) is 0.700. The summed E-state index contributed by atoms with van der Waals surface area (Å²) in [6.45, 7) is 4.99. The Kier molecular flexibility index (Phi) is 3.90. The first-order valence-electron chi connectivity index (χ1n) is 5.76. The van der Waals surface area contributed by atoms with Gasteiger partial charge in [-0.2, -0.15) is 4.31 Å². The summed E-state index contributed by atoms with van der Waals surface area (Å²) < 4.78 is 32.2. The standard InChI is InChI=1S/C10H17N3O3S2/c1-7-6-13(4-3-5-16-7)18(14,15)9-8(2)12-10(11)17-9/h7H,3-6H2,1-2H3,(H2,11,12). The summed E-state index contributed by atoms with van der Waals surface area (Å²) >= 11 is 1.02. The smallest absolute Gasteiger partial charge is 0.254 e. The number of hydrogen-bond donors (Lipinski definition) is 1. The minimum atomic E-state index is -3.50. The third-order valence-electron chi connectivity index (χ3n) is 2.76. The lowest BCUT2D eigenvalue weighted by Gasteiger charge is -2.20. The molecular weight excluding hydrogens is 274 g/mol. The average molecular weight is 291 g/mol. The number of anilines is 1. The van der Waals surface area contributed by atoms with E-state index in [1.54, 1.807) is 6.92 Å². The van der Waals surface area contributed by atoms with Gasteiger partial charge in [-0.25, -0.2) is 13.4 Å². The van der Waals surface area contributed by atoms with Crippen molar-refractivity contribution >= 4 is 26.5 Å². The molecule has 0 aliphatic carbocycles. The predicted octanol–water partition coefficient (Wildman–Crippen LogP) is 0.833. The van der Waals surface area contributed by atoms with Crippen molar-refractivity contribution < 1.29 is 13.2 Å². The van der Waals surface area contributed by atoms with Crippen molar-refractivity contribution in [2.75, 3.05) is 25.4 Å². The molecule has 6 nitrogen and oxygen atoms in total. The van der Waals surface area contributed by atoms with E-state index in [0.29, 0.717) is 31.8 Å². The second kappa shape index (κ2) is 5.12. The molecule has 102 valence electrons. The number of aryl methyl sites for hydroxylation is 1. The highest BCUT2D eigenvalue weighted by atomic mass is 32.2. The van der Waals surface area contributed by atoms with Crippen molar-refractivity contribution in [3.8, 4) is 0 Å². The molecule has 8 heteroatoms. The molecule has 1 aromatic heterocycles. The molecule has 2 rings (SSSR count). The molecule has 2 heterocycles. The van der Waals surface area contributed by atoms with Crippen LogP contribution in [-0.4, -0.2) is 43.5 Å². The van der Waals surface area contributed by atoms with Crippen LogP contribution >= 0.6 is 11.3 Å². The molecule has 1 saturated heterocycles. The topological polar surface area (TPSA) is 85.5 Å². The van der Waals surface area contributed by atoms with Crippen LogP contribution in [0.4, 0.5) is 5.13 Å². The zero-order chi connectivity index (χ0) is 13.3. The van der Waals surface area contributed by atoms with Crippen LogP contribution in [0.25, 0.3) is 0 Å². The fourth-order valence-electron chi connectivity index (χ4n) is 1.93. The summed E-state index contributed by atoms with van der Waals surface area (Å²) in [7, 11) is -3.50. The van der Waals surface area contributed by atoms with Crippen LogP contribution in [0.5, 0.6) is 0 Å². The second-order valence-electron chi connectivity index (χ2n) is 4.32. The van der Waals surface area contributed by atoms with Gasteiger partial charge in [0.2, 0.25) is 0 Å². The number of hydrogen-bond acceptors (Lipinski definition) is 6. The number of sulfonamides is 1. The number of ether oxygens (including phenoxy) is 1. The normalized spacial score (nSPS) is 22.9. The molecule has 2 N–H and O–H groups in total. The Morgan fingerprint density at radius 2 is 2.28 bits per heavy atom. The maximum absolute atomic E-state index is 12.5. The van der Waals surface area contributed by atoms with Crippen LogP contribution in [0.1, 0.15) is 19.0 Å². The average Bonchev–Trinajstić information content (AvgIpc) is 2.50. The van der Waals surface area contributed by atoms with Gasteiger partial charge in [0.15, 0.2) is 9.34 Å². The van der Waals surface area contributed by atoms with Crippen molar-refractivity contribution in [3.63, 3.8) is 0 Å². The van der Waals surface area contributed by atoms with E-state index in [0.717, 1.165) is 11.3 Å². The molecule has 1 aliphatic rings. The maximum atomic E-state index is 12.5. The lowest BCUT2D eigenvalue weighted by molar-refractivity contribution is 0.0752. The van der Waals surface area contributed by atoms with Crippen LogP contribution in [0.2, 0.25) is 0 Å². The van der Waals surface area contributed by atoms with Gasteiger partial charge in [-0.3, -0.25) is 0 Å². The van der Waals surface area contributed by atoms with Crippen LogP contribution in [0, 0.1) is 6.92 Å². The third-order valence-corrected chi connectivity index (χ3v) is 6.20. The Bertz CT molecular complexity index is 526. The monoisotopic (exact) mass is 291 g/mol. The molecule has 0 aromatic carbocycles. The first kappa shape index (κ1) is 13.7. The molecule has 0 bridgehead atoms. The van der Waals surface area contributed by atoms with Gasteiger partial charge in [-0.15, -0.1) is 0 Å². The van der Waals surface area contributed by atoms with Crippen molar-refractivity contribution in [2.24, 2.45) is 0 Å². The van der Waals surface area contributed by atoms with Gasteiger partial charge in [-0.1, -0.05) is 11.3 Å². The quantitative estimate of drug-likeness (QED) is 0.872. The van der Waals surface area contributed by atoms with Crippen LogP contribution in [0.15, 0.2) is 4.21 Å². The van der Waals surface area contributed by atoms with E-state index in [1.807, 2.05) is 6.92 Å². The highest BCUT2D eigenvalue weighted by molar-refractivity contribution is 7.91. The maximum Gasteiger partial charge on any atom is 0.254 e. The van der Waals surface area contributed by atoms with E-state index in [1.165, 1.54) is 4.31 Å². The Hall–Kier alpha value is -0.700. The Morgan fingerprint density at radius 3 is 2.89 bits per heavy atom. The predicted molar refractivity (Wildman–Crippen MR) is 70.1 cm³/mol. The molecule has 1 fully saturated rings. The zero-order valence-corrected chi connectivity index (χ0v) is 12.1. The van der Waals surface area contributed by atoms with Gasteiger partial charge in [0.1, 0.15) is 0 Å². The SMILES string of the molecule is Cc1nc(N)sc1S(=O)(=O)N1CCCOC(C)C1. The summed E-state index contributed by atoms with van der Waals surface area (Å²) in [4.78, 5) is 3.97. The number of thiazole rings is 1. The Morgan fingerprint density at radius 1 is 1.56 bits per heavy atom. The van der Waals surface area contributed by atoms with Crippen molar-refractivity contribution in [2.45, 2.75) is 30.6 Å². The van der Waals surface area contributed by atoms with E-state index in [4.69, 9.17) is 10.5 Å². The third kappa shape index (κ3) is 2.66. The van der Waals surface area contributed by atoms with E-state index >= 15 is 0 Å². The van der Waals surface area contributed by atoms with Gasteiger partial charge in [0.05, 0.1) is 11.8 Å². The zero-order valence-electron chi connectivity index (χ0n) is 10.4. The second-order valence-corrected chi connectivity index (χ2v) is 7.49. The molecule has 1 atom stereocenters. The fourth-order valence-corrected chi connectivity index (χ4v) is 4.92. The lowest BCUT2D eigenvalue weighted by atomic mass is 10.4. The van der Waals surface area contributed by atoms with E-state index < -0.39 is 10.0 Å². The number of nitrogens with two attached hydrogens (primary N) is 1. The van der Waals surface area contributed by atoms with Gasteiger partial charge in [0.25, 0.3) is 10.0 Å². The summed E-state index contributed by atoms with van der Waals surface area (Å²) in [6, 6.07) is 0. The molecule has 0 spiro atoms. The summed E-state index contributed by atoms with van der Waals surface area (Å²) in [6.07, 6.45) is 0.615. The van der Waals surface area contributed by atoms with E-state index in [9.17, 15) is 8.42 Å². The molecule has 18 heavy (non-hydrogen) atoms. The van der Waals surface area contributed by atoms with Gasteiger partial charge < -0.3 is 10.5 Å². The molecule has 1 unspecified atom stereocenters. The number of aromatic nitrogens is 1. The van der Waals surface area contributed by atoms with Crippen LogP contribution < -0.4 is 5.73 Å². The summed E-state index contributed by atoms with van der Waals surface area (Å²) in [5, 5.41) is 0.283. The molecule has 1 aromatic rings. The number of nitrogens with zero attached hydrogens (tertiary/aromatic N) is 2. The first-order valence-corrected chi connectivity index (χ1v) is 8.01. The molecule has 0 radical (unpaired) electrons. The highest BCUT2D eigenvalue weighted by Gasteiger charge is 2.31. The molecule has 1 aliphatic heterocycles. The van der Waals surface area contributed by atoms with E-state index in [-0.39, 0.29) is 15.4 Å². The van der Waals surface area contributed by atoms with Gasteiger partial charge >= 0.3 is 0 Å². The minimum absolute atomic E-state index is 0.0900. The molecule has 0 saturated carbocycles. The summed E-state index contributed by atoms with van der Waals surface area (Å²) in [5.41, 5.74) is 6.03. The largest absolute Gasteiger partial charge is 0.377 e. The molecule has 0 amide bonds. The first-order chi connectivity index (χ1) is 8.41. The summed E-state index contributed by atoms with van der Waals surface area (Å²) in [5.74, 6) is 0. The van der Waals surface area contributed by atoms with Crippen molar-refractivity contribution in [3.05, 3.63) is 5.69 Å². The Balaban J connectivity index is 2.32. The van der Waals surface area contributed by atoms with Gasteiger partial charge in [0, 0.05) is 19.7 Å². The minimum Gasteiger partial charge on any atom is -0.377 e. The van der Waals surface area contributed by atoms with Crippen LogP contribution in [0.3, 0.4) is 0 Å². The van der Waals surface area contributed by atoms with E-state index in [2.05, 4.69) is 4.98 Å². The van der Waals surface area contributed by atoms with Crippen molar-refractivity contribution in [1.82, 2.24) is 9.29 Å². The number of nitrogen functional groups attached to an aromatic ring is 1. The lowest BCUT2D eigenvalue weighted by Crippen LogP contribution is -2.35. The Labute approximate surface area is 111 Å². The van der Waals surface area contributed by atoms with Crippen molar-refractivity contribution in [1.29, 1.82) is 0 Å². The number of rotatable bonds is 2. The van der Waals surface area contributed by atoms with Crippen LogP contribution in [-0.2, 0) is 14.8 Å². The van der Waals surface area contributed by atoms with Gasteiger partial charge in [-0.05, 0) is 20.3 Å². The molecular formula is C10H17N3O3S2.